The van der Waals surface area contributed by atoms with Gasteiger partial charge in [0.15, 0.2) is 17.3 Å². The van der Waals surface area contributed by atoms with Gasteiger partial charge < -0.3 is 24.0 Å². The average molecular weight is 447 g/mol. The van der Waals surface area contributed by atoms with Gasteiger partial charge in [-0.1, -0.05) is 0 Å². The van der Waals surface area contributed by atoms with Crippen LogP contribution in [0.2, 0.25) is 0 Å². The van der Waals surface area contributed by atoms with Crippen LogP contribution in [-0.2, 0) is 0 Å². The zero-order valence-electron chi connectivity index (χ0n) is 18.7. The number of nitrogens with zero attached hydrogens (tertiary/aromatic N) is 4. The highest BCUT2D eigenvalue weighted by Gasteiger charge is 2.23. The number of carbonyl (C=O) groups excluding carboxylic acids is 1. The van der Waals surface area contributed by atoms with Gasteiger partial charge >= 0.3 is 0 Å². The monoisotopic (exact) mass is 446 g/mol. The summed E-state index contributed by atoms with van der Waals surface area (Å²) >= 11 is 0. The quantitative estimate of drug-likeness (QED) is 0.592. The standard InChI is InChI=1S/C25H26N4O4/c1-17(2)33-20-6-3-18(4-7-20)25(30)29-13-11-28(12-14-29)24-10-8-21(26-27-24)19-5-9-22-23(15-19)32-16-31-22/h3-10,15,17H,11-14,16H2,1-2H3. The topological polar surface area (TPSA) is 77.0 Å². The molecule has 0 N–H and O–H groups in total. The molecule has 3 aromatic rings. The zero-order chi connectivity index (χ0) is 22.8. The minimum atomic E-state index is 0.0370. The predicted octanol–water partition coefficient (Wildman–Crippen LogP) is 3.62. The average Bonchev–Trinajstić information content (AvgIpc) is 3.32. The predicted molar refractivity (Wildman–Crippen MR) is 124 cm³/mol. The molecule has 2 aliphatic heterocycles. The summed E-state index contributed by atoms with van der Waals surface area (Å²) in [7, 11) is 0. The number of hydrogen-bond acceptors (Lipinski definition) is 7. The van der Waals surface area contributed by atoms with E-state index in [0.717, 1.165) is 34.3 Å². The van der Waals surface area contributed by atoms with E-state index in [9.17, 15) is 4.79 Å². The van der Waals surface area contributed by atoms with E-state index in [1.165, 1.54) is 0 Å². The van der Waals surface area contributed by atoms with Gasteiger partial charge in [0.05, 0.1) is 11.8 Å². The molecule has 5 rings (SSSR count). The largest absolute Gasteiger partial charge is 0.491 e. The van der Waals surface area contributed by atoms with E-state index in [-0.39, 0.29) is 18.8 Å². The van der Waals surface area contributed by atoms with Crippen LogP contribution in [0.3, 0.4) is 0 Å². The lowest BCUT2D eigenvalue weighted by atomic mass is 10.1. The maximum atomic E-state index is 12.9. The van der Waals surface area contributed by atoms with Crippen LogP contribution in [0.4, 0.5) is 5.82 Å². The van der Waals surface area contributed by atoms with Gasteiger partial charge in [-0.15, -0.1) is 10.2 Å². The third-order valence-electron chi connectivity index (χ3n) is 5.68. The van der Waals surface area contributed by atoms with Crippen molar-refractivity contribution in [1.29, 1.82) is 0 Å². The highest BCUT2D eigenvalue weighted by atomic mass is 16.7. The first-order chi connectivity index (χ1) is 16.1. The van der Waals surface area contributed by atoms with Gasteiger partial charge in [-0.2, -0.15) is 0 Å². The number of amides is 1. The third-order valence-corrected chi connectivity index (χ3v) is 5.68. The molecule has 0 saturated carbocycles. The molecule has 0 radical (unpaired) electrons. The van der Waals surface area contributed by atoms with Crippen molar-refractivity contribution < 1.29 is 19.0 Å². The Hall–Kier alpha value is -3.81. The SMILES string of the molecule is CC(C)Oc1ccc(C(=O)N2CCN(c3ccc(-c4ccc5c(c4)OCO5)nn3)CC2)cc1. The van der Waals surface area contributed by atoms with Crippen LogP contribution in [0.25, 0.3) is 11.3 Å². The minimum Gasteiger partial charge on any atom is -0.491 e. The summed E-state index contributed by atoms with van der Waals surface area (Å²) in [6, 6.07) is 17.0. The summed E-state index contributed by atoms with van der Waals surface area (Å²) in [4.78, 5) is 16.9. The van der Waals surface area contributed by atoms with Crippen LogP contribution in [0.5, 0.6) is 17.2 Å². The first-order valence-electron chi connectivity index (χ1n) is 11.1. The Balaban J connectivity index is 1.19. The Morgan fingerprint density at radius 3 is 2.36 bits per heavy atom. The van der Waals surface area contributed by atoms with E-state index >= 15 is 0 Å². The number of fused-ring (bicyclic) bond motifs is 1. The van der Waals surface area contributed by atoms with E-state index in [1.54, 1.807) is 0 Å². The molecular formula is C25H26N4O4. The first-order valence-corrected chi connectivity index (χ1v) is 11.1. The third kappa shape index (κ3) is 4.55. The van der Waals surface area contributed by atoms with Crippen LogP contribution in [-0.4, -0.2) is 60.1 Å². The Bertz CT molecular complexity index is 1120. The molecule has 3 heterocycles. The van der Waals surface area contributed by atoms with Crippen molar-refractivity contribution in [2.45, 2.75) is 20.0 Å². The second-order valence-electron chi connectivity index (χ2n) is 8.32. The van der Waals surface area contributed by atoms with Gasteiger partial charge in [-0.25, -0.2) is 0 Å². The van der Waals surface area contributed by atoms with E-state index in [0.29, 0.717) is 31.7 Å². The molecule has 0 unspecified atom stereocenters. The van der Waals surface area contributed by atoms with Gasteiger partial charge in [0, 0.05) is 37.3 Å². The molecule has 1 fully saturated rings. The summed E-state index contributed by atoms with van der Waals surface area (Å²) in [5, 5.41) is 8.82. The van der Waals surface area contributed by atoms with Crippen LogP contribution in [0.15, 0.2) is 54.6 Å². The molecule has 8 nitrogen and oxygen atoms in total. The summed E-state index contributed by atoms with van der Waals surface area (Å²) in [6.45, 7) is 6.89. The summed E-state index contributed by atoms with van der Waals surface area (Å²) in [5.74, 6) is 3.09. The minimum absolute atomic E-state index is 0.0370. The number of aromatic nitrogens is 2. The number of benzene rings is 2. The highest BCUT2D eigenvalue weighted by Crippen LogP contribution is 2.35. The fraction of sp³-hybridized carbons (Fsp3) is 0.320. The second kappa shape index (κ2) is 8.97. The number of carbonyl (C=O) groups is 1. The van der Waals surface area contributed by atoms with Crippen molar-refractivity contribution in [3.05, 3.63) is 60.2 Å². The van der Waals surface area contributed by atoms with Gasteiger partial charge in [-0.05, 0) is 68.4 Å². The number of rotatable bonds is 5. The molecule has 0 aliphatic carbocycles. The first kappa shape index (κ1) is 21.1. The fourth-order valence-corrected chi connectivity index (χ4v) is 3.97. The van der Waals surface area contributed by atoms with Gasteiger partial charge in [-0.3, -0.25) is 4.79 Å². The molecule has 1 amide bonds. The Labute approximate surface area is 192 Å². The van der Waals surface area contributed by atoms with E-state index in [2.05, 4.69) is 15.1 Å². The molecule has 170 valence electrons. The second-order valence-corrected chi connectivity index (χ2v) is 8.32. The van der Waals surface area contributed by atoms with Crippen LogP contribution in [0.1, 0.15) is 24.2 Å². The zero-order valence-corrected chi connectivity index (χ0v) is 18.7. The fourth-order valence-electron chi connectivity index (χ4n) is 3.97. The molecule has 2 aliphatic rings. The number of ether oxygens (including phenoxy) is 3. The van der Waals surface area contributed by atoms with Crippen molar-refractivity contribution in [3.8, 4) is 28.5 Å². The summed E-state index contributed by atoms with van der Waals surface area (Å²) in [5.41, 5.74) is 2.38. The number of hydrogen-bond donors (Lipinski definition) is 0. The molecule has 1 saturated heterocycles. The lowest BCUT2D eigenvalue weighted by molar-refractivity contribution is 0.0746. The van der Waals surface area contributed by atoms with Crippen LogP contribution >= 0.6 is 0 Å². The van der Waals surface area contributed by atoms with E-state index in [4.69, 9.17) is 14.2 Å². The van der Waals surface area contributed by atoms with Gasteiger partial charge in [0.1, 0.15) is 5.75 Å². The van der Waals surface area contributed by atoms with Gasteiger partial charge in [0.2, 0.25) is 6.79 Å². The lowest BCUT2D eigenvalue weighted by Crippen LogP contribution is -2.49. The molecule has 0 atom stereocenters. The maximum Gasteiger partial charge on any atom is 0.253 e. The van der Waals surface area contributed by atoms with Crippen molar-refractivity contribution in [3.63, 3.8) is 0 Å². The molecule has 8 heteroatoms. The molecule has 0 bridgehead atoms. The molecule has 33 heavy (non-hydrogen) atoms. The van der Waals surface area contributed by atoms with E-state index in [1.807, 2.05) is 73.3 Å². The maximum absolute atomic E-state index is 12.9. The van der Waals surface area contributed by atoms with Gasteiger partial charge in [0.25, 0.3) is 5.91 Å². The van der Waals surface area contributed by atoms with Crippen molar-refractivity contribution >= 4 is 11.7 Å². The molecule has 0 spiro atoms. The number of piperazine rings is 1. The smallest absolute Gasteiger partial charge is 0.253 e. The molecule has 1 aromatic heterocycles. The molecular weight excluding hydrogens is 420 g/mol. The van der Waals surface area contributed by atoms with Crippen molar-refractivity contribution in [2.75, 3.05) is 37.9 Å². The van der Waals surface area contributed by atoms with Crippen LogP contribution in [0, 0.1) is 0 Å². The Morgan fingerprint density at radius 1 is 0.909 bits per heavy atom. The molecule has 2 aromatic carbocycles. The van der Waals surface area contributed by atoms with E-state index < -0.39 is 0 Å². The van der Waals surface area contributed by atoms with Crippen molar-refractivity contribution in [2.24, 2.45) is 0 Å². The summed E-state index contributed by atoms with van der Waals surface area (Å²) < 4.78 is 16.5. The normalized spacial score (nSPS) is 15.1. The Kier molecular flexibility index (Phi) is 5.73. The Morgan fingerprint density at radius 2 is 1.67 bits per heavy atom. The van der Waals surface area contributed by atoms with Crippen LogP contribution < -0.4 is 19.1 Å². The van der Waals surface area contributed by atoms with Crippen molar-refractivity contribution in [1.82, 2.24) is 15.1 Å². The highest BCUT2D eigenvalue weighted by molar-refractivity contribution is 5.94. The lowest BCUT2D eigenvalue weighted by Gasteiger charge is -2.35. The summed E-state index contributed by atoms with van der Waals surface area (Å²) in [6.07, 6.45) is 0.105. The number of anilines is 1.